The summed E-state index contributed by atoms with van der Waals surface area (Å²) in [5, 5.41) is -0.364. The molecule has 0 unspecified atom stereocenters. The zero-order valence-corrected chi connectivity index (χ0v) is 8.42. The number of halogens is 1. The van der Waals surface area contributed by atoms with Crippen molar-refractivity contribution in [2.24, 2.45) is 0 Å². The molecule has 0 bridgehead atoms. The van der Waals surface area contributed by atoms with Crippen molar-refractivity contribution in [3.63, 3.8) is 0 Å². The number of hydrogen-bond donors (Lipinski definition) is 0. The first kappa shape index (κ1) is 9.03. The van der Waals surface area contributed by atoms with E-state index >= 15 is 0 Å². The van der Waals surface area contributed by atoms with Gasteiger partial charge in [0.25, 0.3) is 0 Å². The lowest BCUT2D eigenvalue weighted by Crippen LogP contribution is -1.98. The molecule has 0 N–H and O–H groups in total. The van der Waals surface area contributed by atoms with Crippen LogP contribution in [0.1, 0.15) is 17.9 Å². The van der Waals surface area contributed by atoms with Crippen LogP contribution in [0.3, 0.4) is 0 Å². The molecule has 0 saturated heterocycles. The highest BCUT2D eigenvalue weighted by Crippen LogP contribution is 2.46. The molecule has 2 rings (SSSR count). The summed E-state index contributed by atoms with van der Waals surface area (Å²) in [7, 11) is 1.89. The standard InChI is InChI=1S/C9H9ClO2S/c10-13(11,12)9-6-8(9)7-4-2-1-3-5-7/h1-5,8-9H,6H2/t8-,9+/m1/s1. The Kier molecular flexibility index (Phi) is 2.08. The second-order valence-electron chi connectivity index (χ2n) is 3.27. The first-order valence-electron chi connectivity index (χ1n) is 4.07. The zero-order chi connectivity index (χ0) is 9.47. The first-order valence-corrected chi connectivity index (χ1v) is 6.45. The van der Waals surface area contributed by atoms with E-state index in [2.05, 4.69) is 0 Å². The lowest BCUT2D eigenvalue weighted by molar-refractivity contribution is 0.607. The number of hydrogen-bond acceptors (Lipinski definition) is 2. The van der Waals surface area contributed by atoms with Gasteiger partial charge in [-0.1, -0.05) is 30.3 Å². The van der Waals surface area contributed by atoms with Crippen molar-refractivity contribution in [1.82, 2.24) is 0 Å². The SMILES string of the molecule is O=S(=O)(Cl)[C@H]1C[C@@H]1c1ccccc1. The quantitative estimate of drug-likeness (QED) is 0.710. The third-order valence-corrected chi connectivity index (χ3v) is 4.25. The molecular weight excluding hydrogens is 208 g/mol. The van der Waals surface area contributed by atoms with Crippen LogP contribution in [-0.4, -0.2) is 13.7 Å². The van der Waals surface area contributed by atoms with E-state index in [0.717, 1.165) is 5.56 Å². The van der Waals surface area contributed by atoms with E-state index in [-0.39, 0.29) is 11.2 Å². The predicted octanol–water partition coefficient (Wildman–Crippen LogP) is 2.11. The smallest absolute Gasteiger partial charge is 0.212 e. The molecule has 0 heterocycles. The molecule has 0 amide bonds. The van der Waals surface area contributed by atoms with Crippen molar-refractivity contribution in [3.8, 4) is 0 Å². The van der Waals surface area contributed by atoms with Gasteiger partial charge in [-0.05, 0) is 12.0 Å². The Morgan fingerprint density at radius 1 is 1.23 bits per heavy atom. The minimum absolute atomic E-state index is 0.115. The molecule has 0 aromatic heterocycles. The van der Waals surface area contributed by atoms with Gasteiger partial charge in [-0.2, -0.15) is 0 Å². The highest BCUT2D eigenvalue weighted by molar-refractivity contribution is 8.14. The molecule has 1 fully saturated rings. The fourth-order valence-electron chi connectivity index (χ4n) is 1.53. The Balaban J connectivity index is 2.18. The summed E-state index contributed by atoms with van der Waals surface area (Å²) in [6, 6.07) is 9.60. The lowest BCUT2D eigenvalue weighted by atomic mass is 10.1. The molecule has 1 saturated carbocycles. The van der Waals surface area contributed by atoms with E-state index in [4.69, 9.17) is 10.7 Å². The molecule has 0 radical (unpaired) electrons. The fourth-order valence-corrected chi connectivity index (χ4v) is 3.11. The second-order valence-corrected chi connectivity index (χ2v) is 6.11. The first-order chi connectivity index (χ1) is 6.09. The molecule has 2 nitrogen and oxygen atoms in total. The van der Waals surface area contributed by atoms with E-state index in [0.29, 0.717) is 6.42 Å². The minimum Gasteiger partial charge on any atom is -0.212 e. The maximum Gasteiger partial charge on any atom is 0.236 e. The van der Waals surface area contributed by atoms with Gasteiger partial charge in [0.05, 0.1) is 5.25 Å². The lowest BCUT2D eigenvalue weighted by Gasteiger charge is -1.96. The Morgan fingerprint density at radius 2 is 1.85 bits per heavy atom. The molecule has 70 valence electrons. The van der Waals surface area contributed by atoms with Crippen molar-refractivity contribution < 1.29 is 8.42 Å². The summed E-state index contributed by atoms with van der Waals surface area (Å²) in [6.07, 6.45) is 0.663. The summed E-state index contributed by atoms with van der Waals surface area (Å²) in [4.78, 5) is 0. The van der Waals surface area contributed by atoms with Gasteiger partial charge < -0.3 is 0 Å². The second kappa shape index (κ2) is 3.00. The van der Waals surface area contributed by atoms with E-state index in [1.807, 2.05) is 30.3 Å². The largest absolute Gasteiger partial charge is 0.236 e. The van der Waals surface area contributed by atoms with Gasteiger partial charge in [0, 0.05) is 16.6 Å². The predicted molar refractivity (Wildman–Crippen MR) is 52.4 cm³/mol. The van der Waals surface area contributed by atoms with Crippen molar-refractivity contribution in [1.29, 1.82) is 0 Å². The van der Waals surface area contributed by atoms with Crippen molar-refractivity contribution in [3.05, 3.63) is 35.9 Å². The average Bonchev–Trinajstić information content (AvgIpc) is 2.83. The Labute approximate surface area is 82.0 Å². The normalized spacial score (nSPS) is 27.2. The van der Waals surface area contributed by atoms with E-state index in [1.165, 1.54) is 0 Å². The topological polar surface area (TPSA) is 34.1 Å². The number of rotatable bonds is 2. The van der Waals surface area contributed by atoms with Crippen LogP contribution in [0.15, 0.2) is 30.3 Å². The average molecular weight is 217 g/mol. The molecule has 1 aromatic carbocycles. The van der Waals surface area contributed by atoms with E-state index < -0.39 is 9.05 Å². The third kappa shape index (κ3) is 1.86. The Bertz CT molecular complexity index is 399. The van der Waals surface area contributed by atoms with Gasteiger partial charge in [0.15, 0.2) is 0 Å². The van der Waals surface area contributed by atoms with Gasteiger partial charge in [-0.15, -0.1) is 0 Å². The van der Waals surface area contributed by atoms with E-state index in [9.17, 15) is 8.42 Å². The molecule has 2 atom stereocenters. The summed E-state index contributed by atoms with van der Waals surface area (Å²) in [5.41, 5.74) is 1.07. The van der Waals surface area contributed by atoms with Crippen molar-refractivity contribution in [2.75, 3.05) is 0 Å². The third-order valence-electron chi connectivity index (χ3n) is 2.32. The van der Waals surface area contributed by atoms with Crippen LogP contribution < -0.4 is 0 Å². The molecule has 1 aliphatic rings. The van der Waals surface area contributed by atoms with Gasteiger partial charge in [0.1, 0.15) is 0 Å². The van der Waals surface area contributed by atoms with Crippen LogP contribution in [0.25, 0.3) is 0 Å². The summed E-state index contributed by atoms with van der Waals surface area (Å²) in [6.45, 7) is 0. The van der Waals surface area contributed by atoms with Crippen LogP contribution in [0, 0.1) is 0 Å². The molecule has 1 aromatic rings. The van der Waals surface area contributed by atoms with E-state index in [1.54, 1.807) is 0 Å². The van der Waals surface area contributed by atoms with Gasteiger partial charge in [-0.3, -0.25) is 0 Å². The fraction of sp³-hybridized carbons (Fsp3) is 0.333. The maximum atomic E-state index is 10.9. The van der Waals surface area contributed by atoms with Gasteiger partial charge in [0.2, 0.25) is 9.05 Å². The maximum absolute atomic E-state index is 10.9. The summed E-state index contributed by atoms with van der Waals surface area (Å²) >= 11 is 0. The molecule has 4 heteroatoms. The molecule has 13 heavy (non-hydrogen) atoms. The van der Waals surface area contributed by atoms with Crippen LogP contribution in [0.4, 0.5) is 0 Å². The summed E-state index contributed by atoms with van der Waals surface area (Å²) in [5.74, 6) is 0.115. The Hall–Kier alpha value is -0.540. The highest BCUT2D eigenvalue weighted by Gasteiger charge is 2.47. The zero-order valence-electron chi connectivity index (χ0n) is 6.85. The van der Waals surface area contributed by atoms with Crippen molar-refractivity contribution >= 4 is 19.7 Å². The van der Waals surface area contributed by atoms with Crippen LogP contribution in [-0.2, 0) is 9.05 Å². The molecular formula is C9H9ClO2S. The molecule has 0 spiro atoms. The molecule has 0 aliphatic heterocycles. The monoisotopic (exact) mass is 216 g/mol. The summed E-state index contributed by atoms with van der Waals surface area (Å²) < 4.78 is 21.9. The van der Waals surface area contributed by atoms with Gasteiger partial charge in [-0.25, -0.2) is 8.42 Å². The number of benzene rings is 1. The van der Waals surface area contributed by atoms with Gasteiger partial charge >= 0.3 is 0 Å². The van der Waals surface area contributed by atoms with Crippen LogP contribution >= 0.6 is 10.7 Å². The highest BCUT2D eigenvalue weighted by atomic mass is 35.7. The van der Waals surface area contributed by atoms with Crippen LogP contribution in [0.2, 0.25) is 0 Å². The minimum atomic E-state index is -3.35. The van der Waals surface area contributed by atoms with Crippen LogP contribution in [0.5, 0.6) is 0 Å². The Morgan fingerprint density at radius 3 is 2.31 bits per heavy atom. The molecule has 1 aliphatic carbocycles. The van der Waals surface area contributed by atoms with Crippen molar-refractivity contribution in [2.45, 2.75) is 17.6 Å².